The van der Waals surface area contributed by atoms with Crippen LogP contribution in [0.3, 0.4) is 0 Å². The fraction of sp³-hybridized carbons (Fsp3) is 0.381. The highest BCUT2D eigenvalue weighted by atomic mass is 28.4. The molecule has 0 aliphatic rings. The third-order valence-electron chi connectivity index (χ3n) is 9.70. The van der Waals surface area contributed by atoms with Crippen LogP contribution in [0.2, 0.25) is 18.1 Å². The number of carbonyl (C=O) groups excluding carboxylic acids is 2. The van der Waals surface area contributed by atoms with Gasteiger partial charge in [0.25, 0.3) is 5.91 Å². The summed E-state index contributed by atoms with van der Waals surface area (Å²) in [5.41, 5.74) is 3.36. The fourth-order valence-corrected chi connectivity index (χ4v) is 6.84. The van der Waals surface area contributed by atoms with E-state index in [9.17, 15) is 9.59 Å². The molecule has 0 saturated carbocycles. The highest BCUT2D eigenvalue weighted by molar-refractivity contribution is 6.74. The summed E-state index contributed by atoms with van der Waals surface area (Å²) < 4.78 is 23.8. The largest absolute Gasteiger partial charge is 0.497 e. The minimum Gasteiger partial charge on any atom is -0.497 e. The Hall–Kier alpha value is -4.44. The van der Waals surface area contributed by atoms with E-state index in [0.717, 1.165) is 28.2 Å². The SMILES string of the molecule is COC(=O)c1cccc(C(=O)NC(Cc2cccc(OCc3ccccc3)c2)C(CNC(C)(C)c2cccc(OC)c2)O[Si](C)(C)C(C)(C)C)c1. The van der Waals surface area contributed by atoms with Gasteiger partial charge in [-0.05, 0) is 97.6 Å². The van der Waals surface area contributed by atoms with Crippen molar-refractivity contribution in [2.75, 3.05) is 20.8 Å². The number of ether oxygens (including phenoxy) is 3. The molecule has 2 atom stereocenters. The minimum absolute atomic E-state index is 0.0812. The van der Waals surface area contributed by atoms with Crippen LogP contribution in [0.15, 0.2) is 103 Å². The lowest BCUT2D eigenvalue weighted by Crippen LogP contribution is -2.57. The zero-order valence-corrected chi connectivity index (χ0v) is 32.5. The van der Waals surface area contributed by atoms with Crippen LogP contribution < -0.4 is 20.1 Å². The van der Waals surface area contributed by atoms with Crippen LogP contribution in [-0.2, 0) is 27.7 Å². The number of nitrogens with one attached hydrogen (secondary N) is 2. The van der Waals surface area contributed by atoms with E-state index in [0.29, 0.717) is 30.7 Å². The maximum atomic E-state index is 14.0. The van der Waals surface area contributed by atoms with Gasteiger partial charge in [-0.1, -0.05) is 81.4 Å². The summed E-state index contributed by atoms with van der Waals surface area (Å²) in [4.78, 5) is 26.4. The second-order valence-corrected chi connectivity index (χ2v) is 19.7. The van der Waals surface area contributed by atoms with E-state index in [-0.39, 0.29) is 10.9 Å². The Balaban J connectivity index is 1.70. The molecule has 0 aromatic heterocycles. The highest BCUT2D eigenvalue weighted by Crippen LogP contribution is 2.38. The van der Waals surface area contributed by atoms with Crippen LogP contribution in [0.5, 0.6) is 11.5 Å². The van der Waals surface area contributed by atoms with E-state index < -0.39 is 32.0 Å². The van der Waals surface area contributed by atoms with Crippen LogP contribution in [0.25, 0.3) is 0 Å². The molecule has 2 unspecified atom stereocenters. The van der Waals surface area contributed by atoms with Crippen molar-refractivity contribution in [2.24, 2.45) is 0 Å². The van der Waals surface area contributed by atoms with Gasteiger partial charge in [-0.15, -0.1) is 0 Å². The lowest BCUT2D eigenvalue weighted by molar-refractivity contribution is 0.0600. The van der Waals surface area contributed by atoms with Gasteiger partial charge in [0.05, 0.1) is 31.9 Å². The smallest absolute Gasteiger partial charge is 0.337 e. The molecule has 4 aromatic carbocycles. The minimum atomic E-state index is -2.36. The first-order chi connectivity index (χ1) is 24.1. The standard InChI is InChI=1S/C42H54N2O6Si/c1-41(2,3)51(8,9)50-38(28-43-42(4,5)34-21-15-22-35(27-34)47-6)37(44-39(45)32-19-14-20-33(26-32)40(46)48-7)25-31-18-13-23-36(24-31)49-29-30-16-11-10-12-17-30/h10-24,26-27,37-38,43H,25,28-29H2,1-9H3,(H,44,45). The van der Waals surface area contributed by atoms with Crippen LogP contribution in [0, 0.1) is 0 Å². The van der Waals surface area contributed by atoms with Crippen molar-refractivity contribution >= 4 is 20.2 Å². The number of benzene rings is 4. The summed E-state index contributed by atoms with van der Waals surface area (Å²) in [7, 11) is 0.634. The third kappa shape index (κ3) is 11.0. The predicted molar refractivity (Wildman–Crippen MR) is 206 cm³/mol. The van der Waals surface area contributed by atoms with Gasteiger partial charge < -0.3 is 29.3 Å². The Morgan fingerprint density at radius 1 is 0.745 bits per heavy atom. The first-order valence-corrected chi connectivity index (χ1v) is 20.3. The Labute approximate surface area is 305 Å². The molecule has 2 N–H and O–H groups in total. The fourth-order valence-electron chi connectivity index (χ4n) is 5.48. The van der Waals surface area contributed by atoms with E-state index in [1.54, 1.807) is 31.4 Å². The molecule has 0 aliphatic carbocycles. The number of hydrogen-bond donors (Lipinski definition) is 2. The molecule has 8 nitrogen and oxygen atoms in total. The van der Waals surface area contributed by atoms with Crippen LogP contribution in [0.4, 0.5) is 0 Å². The molecule has 272 valence electrons. The molecule has 0 saturated heterocycles. The van der Waals surface area contributed by atoms with Crippen molar-refractivity contribution in [3.63, 3.8) is 0 Å². The van der Waals surface area contributed by atoms with Crippen molar-refractivity contribution < 1.29 is 28.2 Å². The zero-order chi connectivity index (χ0) is 37.2. The molecule has 4 aromatic rings. The first-order valence-electron chi connectivity index (χ1n) is 17.4. The Bertz CT molecular complexity index is 1750. The molecule has 51 heavy (non-hydrogen) atoms. The number of carbonyl (C=O) groups is 2. The number of rotatable bonds is 16. The monoisotopic (exact) mass is 710 g/mol. The molecule has 0 spiro atoms. The molecule has 0 aliphatic heterocycles. The maximum Gasteiger partial charge on any atom is 0.337 e. The van der Waals surface area contributed by atoms with Gasteiger partial charge in [0.1, 0.15) is 18.1 Å². The molecule has 0 radical (unpaired) electrons. The molecular formula is C42H54N2O6Si. The lowest BCUT2D eigenvalue weighted by atomic mass is 9.93. The number of amides is 1. The van der Waals surface area contributed by atoms with Gasteiger partial charge >= 0.3 is 5.97 Å². The van der Waals surface area contributed by atoms with Gasteiger partial charge in [-0.3, -0.25) is 4.79 Å². The summed E-state index contributed by atoms with van der Waals surface area (Å²) in [5.74, 6) is 0.714. The highest BCUT2D eigenvalue weighted by Gasteiger charge is 2.41. The zero-order valence-electron chi connectivity index (χ0n) is 31.5. The molecule has 0 fully saturated rings. The van der Waals surface area contributed by atoms with Crippen LogP contribution >= 0.6 is 0 Å². The van der Waals surface area contributed by atoms with Crippen molar-refractivity contribution in [3.8, 4) is 11.5 Å². The second-order valence-electron chi connectivity index (χ2n) is 14.9. The average Bonchev–Trinajstić information content (AvgIpc) is 3.12. The van der Waals surface area contributed by atoms with E-state index in [4.69, 9.17) is 18.6 Å². The van der Waals surface area contributed by atoms with Gasteiger partial charge in [0, 0.05) is 17.6 Å². The van der Waals surface area contributed by atoms with Gasteiger partial charge in [-0.2, -0.15) is 0 Å². The Morgan fingerprint density at radius 2 is 1.39 bits per heavy atom. The molecule has 0 bridgehead atoms. The number of esters is 1. The molecule has 0 heterocycles. The summed E-state index contributed by atoms with van der Waals surface area (Å²) in [6, 6.07) is 32.2. The van der Waals surface area contributed by atoms with Crippen molar-refractivity contribution in [3.05, 3.63) is 131 Å². The van der Waals surface area contributed by atoms with Gasteiger partial charge in [-0.25, -0.2) is 4.79 Å². The Kier molecular flexibility index (Phi) is 13.3. The molecule has 9 heteroatoms. The normalized spacial score (nSPS) is 13.2. The quantitative estimate of drug-likeness (QED) is 0.0892. The van der Waals surface area contributed by atoms with E-state index >= 15 is 0 Å². The average molecular weight is 711 g/mol. The predicted octanol–water partition coefficient (Wildman–Crippen LogP) is 8.32. The van der Waals surface area contributed by atoms with Crippen LogP contribution in [0.1, 0.15) is 72.0 Å². The van der Waals surface area contributed by atoms with Crippen molar-refractivity contribution in [2.45, 2.75) is 83.5 Å². The Morgan fingerprint density at radius 3 is 2.08 bits per heavy atom. The van der Waals surface area contributed by atoms with Gasteiger partial charge in [0.15, 0.2) is 8.32 Å². The summed E-state index contributed by atoms with van der Waals surface area (Å²) in [5, 5.41) is 7.00. The van der Waals surface area contributed by atoms with E-state index in [1.165, 1.54) is 7.11 Å². The molecule has 1 amide bonds. The third-order valence-corrected chi connectivity index (χ3v) is 14.2. The first kappa shape index (κ1) is 39.3. The van der Waals surface area contributed by atoms with Gasteiger partial charge in [0.2, 0.25) is 0 Å². The molecular weight excluding hydrogens is 657 g/mol. The van der Waals surface area contributed by atoms with E-state index in [2.05, 4.69) is 64.4 Å². The van der Waals surface area contributed by atoms with Crippen molar-refractivity contribution in [1.82, 2.24) is 10.6 Å². The lowest BCUT2D eigenvalue weighted by Gasteiger charge is -2.43. The summed E-state index contributed by atoms with van der Waals surface area (Å²) >= 11 is 0. The topological polar surface area (TPSA) is 95.1 Å². The summed E-state index contributed by atoms with van der Waals surface area (Å²) in [6.07, 6.45) is 0.0586. The molecule has 4 rings (SSSR count). The maximum absolute atomic E-state index is 14.0. The van der Waals surface area contributed by atoms with Crippen LogP contribution in [-0.4, -0.2) is 53.1 Å². The van der Waals surface area contributed by atoms with Crippen molar-refractivity contribution in [1.29, 1.82) is 0 Å². The number of methoxy groups -OCH3 is 2. The second kappa shape index (κ2) is 17.2. The number of hydrogen-bond acceptors (Lipinski definition) is 7. The van der Waals surface area contributed by atoms with E-state index in [1.807, 2.05) is 72.8 Å². The summed E-state index contributed by atoms with van der Waals surface area (Å²) in [6.45, 7) is 16.2.